The van der Waals surface area contributed by atoms with Gasteiger partial charge in [-0.25, -0.2) is 14.6 Å². The van der Waals surface area contributed by atoms with E-state index in [0.29, 0.717) is 10.8 Å². The summed E-state index contributed by atoms with van der Waals surface area (Å²) in [6.45, 7) is 7.48. The van der Waals surface area contributed by atoms with Crippen molar-refractivity contribution in [3.63, 3.8) is 0 Å². The Morgan fingerprint density at radius 3 is 1.62 bits per heavy atom. The first-order valence-corrected chi connectivity index (χ1v) is 10.7. The molecule has 0 unspecified atom stereocenters. The minimum absolute atomic E-state index is 0.163. The number of hydrogen-bond donors (Lipinski definition) is 3. The van der Waals surface area contributed by atoms with Crippen LogP contribution in [0.5, 0.6) is 11.5 Å². The van der Waals surface area contributed by atoms with Crippen molar-refractivity contribution in [1.82, 2.24) is 9.97 Å². The lowest BCUT2D eigenvalue weighted by molar-refractivity contribution is 0.439. The van der Waals surface area contributed by atoms with E-state index in [4.69, 9.17) is 8.83 Å². The molecule has 0 aliphatic heterocycles. The Kier molecular flexibility index (Phi) is 4.82. The van der Waals surface area contributed by atoms with Gasteiger partial charge in [0.25, 0.3) is 0 Å². The van der Waals surface area contributed by atoms with Gasteiger partial charge in [0.05, 0.1) is 27.8 Å². The SMILES string of the molecule is Cc1cc2oc(=O)c(C(c3ncc[nH]3)c3c(O)c4cc(C)c(C)cc4oc3=O)c(O)c2cc1C. The van der Waals surface area contributed by atoms with Crippen LogP contribution < -0.4 is 11.3 Å². The molecule has 0 saturated heterocycles. The highest BCUT2D eigenvalue weighted by Crippen LogP contribution is 2.41. The van der Waals surface area contributed by atoms with Crippen molar-refractivity contribution in [2.24, 2.45) is 0 Å². The van der Waals surface area contributed by atoms with E-state index in [2.05, 4.69) is 9.97 Å². The average molecular weight is 458 g/mol. The Balaban J connectivity index is 1.89. The van der Waals surface area contributed by atoms with Crippen LogP contribution >= 0.6 is 0 Å². The zero-order chi connectivity index (χ0) is 24.3. The molecule has 0 spiro atoms. The third-order valence-electron chi connectivity index (χ3n) is 6.43. The number of fused-ring (bicyclic) bond motifs is 2. The maximum Gasteiger partial charge on any atom is 0.344 e. The highest BCUT2D eigenvalue weighted by Gasteiger charge is 2.34. The smallest absolute Gasteiger partial charge is 0.344 e. The van der Waals surface area contributed by atoms with Crippen LogP contribution in [0.15, 0.2) is 55.1 Å². The van der Waals surface area contributed by atoms with Crippen LogP contribution in [0.25, 0.3) is 21.9 Å². The lowest BCUT2D eigenvalue weighted by atomic mass is 9.89. The first-order chi connectivity index (χ1) is 16.2. The third kappa shape index (κ3) is 3.18. The van der Waals surface area contributed by atoms with Crippen LogP contribution in [-0.2, 0) is 0 Å². The number of nitrogens with zero attached hydrogens (tertiary/aromatic N) is 1. The molecule has 0 radical (unpaired) electrons. The van der Waals surface area contributed by atoms with Crippen molar-refractivity contribution in [2.45, 2.75) is 33.6 Å². The lowest BCUT2D eigenvalue weighted by Gasteiger charge is -2.18. The van der Waals surface area contributed by atoms with Gasteiger partial charge in [0.1, 0.15) is 28.5 Å². The Labute approximate surface area is 193 Å². The third-order valence-corrected chi connectivity index (χ3v) is 6.43. The Hall–Kier alpha value is -4.33. The van der Waals surface area contributed by atoms with E-state index in [1.807, 2.05) is 27.7 Å². The fourth-order valence-electron chi connectivity index (χ4n) is 4.27. The molecule has 0 atom stereocenters. The van der Waals surface area contributed by atoms with Crippen LogP contribution in [-0.4, -0.2) is 20.2 Å². The van der Waals surface area contributed by atoms with Gasteiger partial charge in [-0.15, -0.1) is 0 Å². The summed E-state index contributed by atoms with van der Waals surface area (Å²) < 4.78 is 11.1. The van der Waals surface area contributed by atoms with E-state index < -0.39 is 17.2 Å². The molecule has 3 heterocycles. The topological polar surface area (TPSA) is 130 Å². The van der Waals surface area contributed by atoms with E-state index >= 15 is 0 Å². The number of hydrogen-bond acceptors (Lipinski definition) is 7. The van der Waals surface area contributed by atoms with Crippen molar-refractivity contribution in [3.8, 4) is 11.5 Å². The zero-order valence-electron chi connectivity index (χ0n) is 19.0. The van der Waals surface area contributed by atoms with Crippen LogP contribution in [0.4, 0.5) is 0 Å². The van der Waals surface area contributed by atoms with Crippen LogP contribution in [0.3, 0.4) is 0 Å². The second kappa shape index (κ2) is 7.62. The normalized spacial score (nSPS) is 11.7. The molecule has 34 heavy (non-hydrogen) atoms. The van der Waals surface area contributed by atoms with Gasteiger partial charge < -0.3 is 24.0 Å². The van der Waals surface area contributed by atoms with Crippen LogP contribution in [0.2, 0.25) is 0 Å². The molecule has 0 bridgehead atoms. The number of H-pyrrole nitrogens is 1. The van der Waals surface area contributed by atoms with Gasteiger partial charge in [-0.3, -0.25) is 0 Å². The van der Waals surface area contributed by atoms with Crippen molar-refractivity contribution in [3.05, 3.63) is 96.7 Å². The second-order valence-electron chi connectivity index (χ2n) is 8.58. The highest BCUT2D eigenvalue weighted by atomic mass is 16.4. The Morgan fingerprint density at radius 1 is 0.765 bits per heavy atom. The predicted octanol–water partition coefficient (Wildman–Crippen LogP) is 4.45. The van der Waals surface area contributed by atoms with Crippen molar-refractivity contribution in [1.29, 1.82) is 0 Å². The van der Waals surface area contributed by atoms with Crippen LogP contribution in [0, 0.1) is 27.7 Å². The fourth-order valence-corrected chi connectivity index (χ4v) is 4.27. The summed E-state index contributed by atoms with van der Waals surface area (Å²) in [4.78, 5) is 33.4. The van der Waals surface area contributed by atoms with E-state index in [1.54, 1.807) is 24.3 Å². The molecule has 5 aromatic rings. The van der Waals surface area contributed by atoms with Crippen molar-refractivity contribution in [2.75, 3.05) is 0 Å². The molecule has 8 heteroatoms. The van der Waals surface area contributed by atoms with E-state index in [1.165, 1.54) is 12.4 Å². The summed E-state index contributed by atoms with van der Waals surface area (Å²) in [6, 6.07) is 6.76. The molecule has 0 amide bonds. The van der Waals surface area contributed by atoms with Crippen molar-refractivity contribution < 1.29 is 19.0 Å². The largest absolute Gasteiger partial charge is 0.507 e. The first kappa shape index (κ1) is 21.5. The summed E-state index contributed by atoms with van der Waals surface area (Å²) >= 11 is 0. The molecule has 3 N–H and O–H groups in total. The lowest BCUT2D eigenvalue weighted by Crippen LogP contribution is -2.22. The summed E-state index contributed by atoms with van der Waals surface area (Å²) in [7, 11) is 0. The second-order valence-corrected chi connectivity index (χ2v) is 8.58. The van der Waals surface area contributed by atoms with Gasteiger partial charge in [0, 0.05) is 12.4 Å². The van der Waals surface area contributed by atoms with Gasteiger partial charge in [-0.1, -0.05) is 0 Å². The van der Waals surface area contributed by atoms with E-state index in [9.17, 15) is 19.8 Å². The fraction of sp³-hybridized carbons (Fsp3) is 0.192. The van der Waals surface area contributed by atoms with E-state index in [0.717, 1.165) is 22.3 Å². The summed E-state index contributed by atoms with van der Waals surface area (Å²) in [5.74, 6) is -1.81. The molecular weight excluding hydrogens is 436 g/mol. The number of aromatic nitrogens is 2. The predicted molar refractivity (Wildman–Crippen MR) is 127 cm³/mol. The van der Waals surface area contributed by atoms with Gasteiger partial charge >= 0.3 is 11.3 Å². The molecular formula is C26H22N2O6. The zero-order valence-corrected chi connectivity index (χ0v) is 19.0. The molecule has 0 aliphatic carbocycles. The molecule has 5 rings (SSSR count). The van der Waals surface area contributed by atoms with Crippen LogP contribution in [0.1, 0.15) is 45.1 Å². The molecule has 2 aromatic carbocycles. The standard InChI is InChI=1S/C26H22N2O6/c1-11-7-15-17(9-13(11)3)33-25(31)20(22(15)29)19(24-27-5-6-28-24)21-23(30)16-8-12(2)14(4)10-18(16)34-26(21)32/h5-10,19,29-30H,1-4H3,(H,27,28). The molecule has 0 aliphatic rings. The molecule has 8 nitrogen and oxygen atoms in total. The van der Waals surface area contributed by atoms with Gasteiger partial charge in [-0.2, -0.15) is 0 Å². The number of rotatable bonds is 3. The molecule has 172 valence electrons. The maximum absolute atomic E-state index is 13.2. The van der Waals surface area contributed by atoms with Gasteiger partial charge in [-0.05, 0) is 74.2 Å². The molecule has 3 aromatic heterocycles. The highest BCUT2D eigenvalue weighted by molar-refractivity contribution is 5.88. The summed E-state index contributed by atoms with van der Waals surface area (Å²) in [5.41, 5.74) is 1.83. The average Bonchev–Trinajstić information content (AvgIpc) is 3.30. The maximum atomic E-state index is 13.2. The minimum Gasteiger partial charge on any atom is -0.507 e. The van der Waals surface area contributed by atoms with Gasteiger partial charge in [0.15, 0.2) is 0 Å². The van der Waals surface area contributed by atoms with Gasteiger partial charge in [0.2, 0.25) is 0 Å². The summed E-state index contributed by atoms with van der Waals surface area (Å²) in [5, 5.41) is 23.1. The number of aryl methyl sites for hydroxylation is 4. The van der Waals surface area contributed by atoms with Crippen molar-refractivity contribution >= 4 is 21.9 Å². The molecule has 0 saturated carbocycles. The Bertz CT molecular complexity index is 1600. The number of benzene rings is 2. The first-order valence-electron chi connectivity index (χ1n) is 10.7. The number of aromatic amines is 1. The number of nitrogens with one attached hydrogen (secondary N) is 1. The minimum atomic E-state index is -1.26. The monoisotopic (exact) mass is 458 g/mol. The molecule has 0 fully saturated rings. The summed E-state index contributed by atoms with van der Waals surface area (Å²) in [6.07, 6.45) is 2.96. The number of aromatic hydroxyl groups is 2. The quantitative estimate of drug-likeness (QED) is 0.341. The van der Waals surface area contributed by atoms with E-state index in [-0.39, 0.29) is 39.6 Å². The Morgan fingerprint density at radius 2 is 1.21 bits per heavy atom. The number of imidazole rings is 1.